The number of rotatable bonds is 4. The number of carbonyl (C=O) groups excluding carboxylic acids is 2. The largest absolute Gasteiger partial charge is 0.478 e. The van der Waals surface area contributed by atoms with E-state index in [1.54, 1.807) is 6.92 Å². The van der Waals surface area contributed by atoms with Gasteiger partial charge in [0.25, 0.3) is 11.8 Å². The topological polar surface area (TPSA) is 96.0 Å². The molecular formula is C22H22F3N3O5S. The number of piperazine rings is 1. The van der Waals surface area contributed by atoms with Crippen LogP contribution in [0.15, 0.2) is 47.4 Å². The Kier molecular flexibility index (Phi) is 6.30. The molecule has 0 spiro atoms. The van der Waals surface area contributed by atoms with E-state index >= 15 is 0 Å². The summed E-state index contributed by atoms with van der Waals surface area (Å²) in [5, 5.41) is 2.66. The molecule has 0 radical (unpaired) electrons. The van der Waals surface area contributed by atoms with Crippen LogP contribution in [-0.2, 0) is 21.0 Å². The van der Waals surface area contributed by atoms with Gasteiger partial charge in [0.15, 0.2) is 6.10 Å². The molecule has 1 saturated heterocycles. The SMILES string of the molecule is CC[C@@H]1Oc2ccc(S(=O)(=O)N3CCN(C(=O)c4ccc(C(F)(F)F)cc4)CC3)cc2NC1=O. The molecule has 2 aliphatic heterocycles. The smallest absolute Gasteiger partial charge is 0.416 e. The molecule has 2 aliphatic rings. The van der Waals surface area contributed by atoms with E-state index in [4.69, 9.17) is 4.74 Å². The number of ether oxygens (including phenoxy) is 1. The Morgan fingerprint density at radius 3 is 2.32 bits per heavy atom. The lowest BCUT2D eigenvalue weighted by atomic mass is 10.1. The zero-order chi connectivity index (χ0) is 24.7. The van der Waals surface area contributed by atoms with E-state index in [-0.39, 0.29) is 48.2 Å². The summed E-state index contributed by atoms with van der Waals surface area (Å²) in [6, 6.07) is 8.15. The first kappa shape index (κ1) is 24.0. The first-order chi connectivity index (χ1) is 16.0. The van der Waals surface area contributed by atoms with Gasteiger partial charge in [-0.05, 0) is 48.9 Å². The van der Waals surface area contributed by atoms with Gasteiger partial charge in [0.1, 0.15) is 5.75 Å². The molecule has 4 rings (SSSR count). The minimum atomic E-state index is -4.50. The predicted octanol–water partition coefficient (Wildman–Crippen LogP) is 2.96. The molecule has 2 heterocycles. The van der Waals surface area contributed by atoms with Crippen molar-refractivity contribution >= 4 is 27.5 Å². The van der Waals surface area contributed by atoms with Crippen LogP contribution in [0.2, 0.25) is 0 Å². The number of anilines is 1. The minimum Gasteiger partial charge on any atom is -0.478 e. The van der Waals surface area contributed by atoms with Crippen LogP contribution >= 0.6 is 0 Å². The molecule has 0 bridgehead atoms. The average Bonchev–Trinajstić information content (AvgIpc) is 2.82. The van der Waals surface area contributed by atoms with E-state index in [1.165, 1.54) is 27.4 Å². The molecular weight excluding hydrogens is 475 g/mol. The fourth-order valence-corrected chi connectivity index (χ4v) is 5.27. The number of hydrogen-bond acceptors (Lipinski definition) is 5. The van der Waals surface area contributed by atoms with Gasteiger partial charge in [-0.2, -0.15) is 17.5 Å². The molecule has 0 aromatic heterocycles. The van der Waals surface area contributed by atoms with Gasteiger partial charge >= 0.3 is 6.18 Å². The van der Waals surface area contributed by atoms with Crippen LogP contribution in [0.25, 0.3) is 0 Å². The molecule has 8 nitrogen and oxygen atoms in total. The van der Waals surface area contributed by atoms with Crippen LogP contribution in [0.1, 0.15) is 29.3 Å². The lowest BCUT2D eigenvalue weighted by Crippen LogP contribution is -2.50. The second-order valence-electron chi connectivity index (χ2n) is 7.93. The summed E-state index contributed by atoms with van der Waals surface area (Å²) in [6.07, 6.45) is -4.66. The molecule has 0 saturated carbocycles. The maximum atomic E-state index is 13.1. The standard InChI is InChI=1S/C22H22F3N3O5S/c1-2-18-20(29)26-17-13-16(7-8-19(17)33-18)34(31,32)28-11-9-27(10-12-28)21(30)14-3-5-15(6-4-14)22(23,24)25/h3-8,13,18H,2,9-12H2,1H3,(H,26,29)/t18-/m0/s1. The molecule has 34 heavy (non-hydrogen) atoms. The van der Waals surface area contributed by atoms with Crippen molar-refractivity contribution in [2.24, 2.45) is 0 Å². The molecule has 2 aromatic rings. The Morgan fingerprint density at radius 1 is 1.09 bits per heavy atom. The third kappa shape index (κ3) is 4.60. The Balaban J connectivity index is 1.43. The van der Waals surface area contributed by atoms with Crippen molar-refractivity contribution in [1.29, 1.82) is 0 Å². The molecule has 0 unspecified atom stereocenters. The number of fused-ring (bicyclic) bond motifs is 1. The number of alkyl halides is 3. The van der Waals surface area contributed by atoms with E-state index in [0.29, 0.717) is 12.2 Å². The Labute approximate surface area is 194 Å². The average molecular weight is 497 g/mol. The fraction of sp³-hybridized carbons (Fsp3) is 0.364. The van der Waals surface area contributed by atoms with Crippen molar-refractivity contribution in [3.63, 3.8) is 0 Å². The van der Waals surface area contributed by atoms with Crippen LogP contribution in [0.4, 0.5) is 18.9 Å². The quantitative estimate of drug-likeness (QED) is 0.701. The predicted molar refractivity (Wildman–Crippen MR) is 116 cm³/mol. The lowest BCUT2D eigenvalue weighted by molar-refractivity contribution is -0.137. The molecule has 1 atom stereocenters. The van der Waals surface area contributed by atoms with Gasteiger partial charge < -0.3 is 15.0 Å². The van der Waals surface area contributed by atoms with Crippen molar-refractivity contribution < 1.29 is 35.9 Å². The summed E-state index contributed by atoms with van der Waals surface area (Å²) < 4.78 is 71.2. The van der Waals surface area contributed by atoms with Gasteiger partial charge in [0, 0.05) is 31.7 Å². The third-order valence-electron chi connectivity index (χ3n) is 5.76. The summed E-state index contributed by atoms with van der Waals surface area (Å²) in [5.74, 6) is -0.429. The highest BCUT2D eigenvalue weighted by Gasteiger charge is 2.34. The molecule has 182 valence electrons. The highest BCUT2D eigenvalue weighted by molar-refractivity contribution is 7.89. The van der Waals surface area contributed by atoms with Crippen LogP contribution in [0, 0.1) is 0 Å². The lowest BCUT2D eigenvalue weighted by Gasteiger charge is -2.34. The van der Waals surface area contributed by atoms with Crippen molar-refractivity contribution in [1.82, 2.24) is 9.21 Å². The first-order valence-electron chi connectivity index (χ1n) is 10.6. The molecule has 12 heteroatoms. The van der Waals surface area contributed by atoms with E-state index in [0.717, 1.165) is 24.3 Å². The van der Waals surface area contributed by atoms with E-state index < -0.39 is 33.8 Å². The maximum absolute atomic E-state index is 13.1. The van der Waals surface area contributed by atoms with E-state index in [1.807, 2.05) is 0 Å². The van der Waals surface area contributed by atoms with Gasteiger partial charge in [-0.3, -0.25) is 9.59 Å². The van der Waals surface area contributed by atoms with Crippen LogP contribution in [0.5, 0.6) is 5.75 Å². The monoisotopic (exact) mass is 497 g/mol. The van der Waals surface area contributed by atoms with Crippen molar-refractivity contribution in [2.75, 3.05) is 31.5 Å². The van der Waals surface area contributed by atoms with E-state index in [9.17, 15) is 31.2 Å². The number of benzene rings is 2. The highest BCUT2D eigenvalue weighted by Crippen LogP contribution is 2.34. The number of nitrogens with one attached hydrogen (secondary N) is 1. The fourth-order valence-electron chi connectivity index (χ4n) is 3.82. The Hall–Kier alpha value is -3.12. The summed E-state index contributed by atoms with van der Waals surface area (Å²) in [5.41, 5.74) is -0.483. The van der Waals surface area contributed by atoms with Crippen LogP contribution < -0.4 is 10.1 Å². The van der Waals surface area contributed by atoms with E-state index in [2.05, 4.69) is 5.32 Å². The molecule has 2 amide bonds. The first-order valence-corrected chi connectivity index (χ1v) is 12.0. The van der Waals surface area contributed by atoms with Crippen LogP contribution in [0.3, 0.4) is 0 Å². The second kappa shape index (κ2) is 8.91. The summed E-state index contributed by atoms with van der Waals surface area (Å²) in [6.45, 7) is 2.01. The second-order valence-corrected chi connectivity index (χ2v) is 9.87. The molecule has 1 fully saturated rings. The Bertz CT molecular complexity index is 1210. The number of halogens is 3. The number of nitrogens with zero attached hydrogens (tertiary/aromatic N) is 2. The molecule has 0 aliphatic carbocycles. The van der Waals surface area contributed by atoms with Crippen molar-refractivity contribution in [3.8, 4) is 5.75 Å². The van der Waals surface area contributed by atoms with Crippen molar-refractivity contribution in [3.05, 3.63) is 53.6 Å². The summed E-state index contributed by atoms with van der Waals surface area (Å²) in [7, 11) is -3.90. The van der Waals surface area contributed by atoms with Gasteiger partial charge in [-0.15, -0.1) is 0 Å². The molecule has 1 N–H and O–H groups in total. The Morgan fingerprint density at radius 2 is 1.74 bits per heavy atom. The third-order valence-corrected chi connectivity index (χ3v) is 7.66. The molecule has 2 aromatic carbocycles. The minimum absolute atomic E-state index is 0.0204. The highest BCUT2D eigenvalue weighted by atomic mass is 32.2. The van der Waals surface area contributed by atoms with Gasteiger partial charge in [0.2, 0.25) is 10.0 Å². The zero-order valence-electron chi connectivity index (χ0n) is 18.1. The number of hydrogen-bond donors (Lipinski definition) is 1. The van der Waals surface area contributed by atoms with Gasteiger partial charge in [-0.25, -0.2) is 8.42 Å². The number of carbonyl (C=O) groups is 2. The summed E-state index contributed by atoms with van der Waals surface area (Å²) >= 11 is 0. The maximum Gasteiger partial charge on any atom is 0.416 e. The van der Waals surface area contributed by atoms with Gasteiger partial charge in [-0.1, -0.05) is 6.92 Å². The summed E-state index contributed by atoms with van der Waals surface area (Å²) in [4.78, 5) is 26.1. The van der Waals surface area contributed by atoms with Crippen molar-refractivity contribution in [2.45, 2.75) is 30.5 Å². The number of sulfonamides is 1. The number of amides is 2. The van der Waals surface area contributed by atoms with Gasteiger partial charge in [0.05, 0.1) is 16.1 Å². The normalized spacial score (nSPS) is 19.2. The zero-order valence-corrected chi connectivity index (χ0v) is 18.9. The van der Waals surface area contributed by atoms with Crippen LogP contribution in [-0.4, -0.2) is 61.7 Å².